The van der Waals surface area contributed by atoms with E-state index in [-0.39, 0.29) is 5.91 Å². The molecule has 0 atom stereocenters. The molecule has 0 bridgehead atoms. The summed E-state index contributed by atoms with van der Waals surface area (Å²) in [5.41, 5.74) is 2.67. The normalized spacial score (nSPS) is 15.2. The van der Waals surface area contributed by atoms with Crippen molar-refractivity contribution in [1.29, 1.82) is 5.26 Å². The van der Waals surface area contributed by atoms with E-state index >= 15 is 0 Å². The van der Waals surface area contributed by atoms with Crippen LogP contribution < -0.4 is 5.32 Å². The third kappa shape index (κ3) is 5.95. The molecule has 0 spiro atoms. The summed E-state index contributed by atoms with van der Waals surface area (Å²) in [6.07, 6.45) is 1.08. The van der Waals surface area contributed by atoms with Gasteiger partial charge >= 0.3 is 0 Å². The van der Waals surface area contributed by atoms with Gasteiger partial charge in [0.2, 0.25) is 5.01 Å². The number of hydrogen-bond donors (Lipinski definition) is 1. The van der Waals surface area contributed by atoms with E-state index in [1.54, 1.807) is 0 Å². The maximum absolute atomic E-state index is 12.4. The van der Waals surface area contributed by atoms with Crippen molar-refractivity contribution < 1.29 is 4.79 Å². The lowest BCUT2D eigenvalue weighted by molar-refractivity contribution is 0.102. The Hall–Kier alpha value is -3.12. The Morgan fingerprint density at radius 1 is 0.968 bits per heavy atom. The van der Waals surface area contributed by atoms with Crippen molar-refractivity contribution in [1.82, 2.24) is 20.0 Å². The fraction of sp³-hybridized carbons (Fsp3) is 0.304. The van der Waals surface area contributed by atoms with Crippen molar-refractivity contribution in [2.45, 2.75) is 19.5 Å². The highest BCUT2D eigenvalue weighted by Gasteiger charge is 2.18. The highest BCUT2D eigenvalue weighted by atomic mass is 32.1. The van der Waals surface area contributed by atoms with Gasteiger partial charge in [-0.15, -0.1) is 10.2 Å². The van der Waals surface area contributed by atoms with Crippen LogP contribution in [0.4, 0.5) is 5.69 Å². The molecule has 1 aromatic heterocycles. The second-order valence-corrected chi connectivity index (χ2v) is 8.60. The predicted molar refractivity (Wildman–Crippen MR) is 121 cm³/mol. The van der Waals surface area contributed by atoms with Crippen LogP contribution in [0.1, 0.15) is 32.4 Å². The van der Waals surface area contributed by atoms with E-state index in [9.17, 15) is 4.79 Å². The Morgan fingerprint density at radius 2 is 1.68 bits per heavy atom. The fourth-order valence-electron chi connectivity index (χ4n) is 3.59. The quantitative estimate of drug-likeness (QED) is 0.643. The van der Waals surface area contributed by atoms with Crippen LogP contribution in [0.25, 0.3) is 0 Å². The summed E-state index contributed by atoms with van der Waals surface area (Å²) in [7, 11) is 0. The molecule has 2 heterocycles. The summed E-state index contributed by atoms with van der Waals surface area (Å²) in [4.78, 5) is 17.2. The van der Waals surface area contributed by atoms with Gasteiger partial charge in [-0.2, -0.15) is 5.26 Å². The van der Waals surface area contributed by atoms with Crippen LogP contribution in [0.5, 0.6) is 0 Å². The lowest BCUT2D eigenvalue weighted by Crippen LogP contribution is -2.30. The molecule has 4 rings (SSSR count). The number of aromatic nitrogens is 2. The van der Waals surface area contributed by atoms with Crippen LogP contribution in [-0.2, 0) is 13.1 Å². The minimum Gasteiger partial charge on any atom is -0.320 e. The lowest BCUT2D eigenvalue weighted by atomic mass is 10.1. The molecule has 1 amide bonds. The van der Waals surface area contributed by atoms with E-state index in [0.717, 1.165) is 49.8 Å². The smallest absolute Gasteiger partial charge is 0.286 e. The van der Waals surface area contributed by atoms with E-state index in [4.69, 9.17) is 5.26 Å². The topological polar surface area (TPSA) is 85.2 Å². The standard InChI is InChI=1S/C23H24N6OS/c24-15-18-7-9-19(10-8-18)16-28-11-4-12-29(14-13-28)17-21-26-27-23(31-21)22(30)25-20-5-2-1-3-6-20/h1-3,5-10H,4,11-14,16-17H2,(H,25,30). The van der Waals surface area contributed by atoms with Crippen LogP contribution >= 0.6 is 11.3 Å². The second kappa shape index (κ2) is 10.3. The van der Waals surface area contributed by atoms with Crippen LogP contribution in [0, 0.1) is 11.3 Å². The lowest BCUT2D eigenvalue weighted by Gasteiger charge is -2.21. The molecule has 0 unspecified atom stereocenters. The van der Waals surface area contributed by atoms with E-state index in [2.05, 4.69) is 31.4 Å². The minimum atomic E-state index is -0.223. The number of nitrogens with zero attached hydrogens (tertiary/aromatic N) is 5. The number of hydrogen-bond acceptors (Lipinski definition) is 7. The van der Waals surface area contributed by atoms with Crippen molar-refractivity contribution in [2.75, 3.05) is 31.5 Å². The van der Waals surface area contributed by atoms with Gasteiger partial charge in [0.1, 0.15) is 5.01 Å². The molecule has 1 saturated heterocycles. The summed E-state index contributed by atoms with van der Waals surface area (Å²) in [6.45, 7) is 5.55. The second-order valence-electron chi connectivity index (χ2n) is 7.54. The molecule has 158 valence electrons. The number of carbonyl (C=O) groups excluding carboxylic acids is 1. The fourth-order valence-corrected chi connectivity index (χ4v) is 4.37. The number of rotatable bonds is 6. The highest BCUT2D eigenvalue weighted by Crippen LogP contribution is 2.17. The average Bonchev–Trinajstić information content (AvgIpc) is 3.16. The number of para-hydroxylation sites is 1. The predicted octanol–water partition coefficient (Wildman–Crippen LogP) is 3.37. The first kappa shape index (κ1) is 21.1. The SMILES string of the molecule is N#Cc1ccc(CN2CCCN(Cc3nnc(C(=O)Nc4ccccc4)s3)CC2)cc1. The molecule has 1 aliphatic heterocycles. The molecule has 1 fully saturated rings. The summed E-state index contributed by atoms with van der Waals surface area (Å²) in [5.74, 6) is -0.223. The maximum Gasteiger partial charge on any atom is 0.286 e. The Morgan fingerprint density at radius 3 is 2.39 bits per heavy atom. The number of amides is 1. The molecule has 0 aliphatic carbocycles. The molecule has 3 aromatic rings. The third-order valence-corrected chi connectivity index (χ3v) is 6.13. The Kier molecular flexibility index (Phi) is 6.99. The molecule has 0 radical (unpaired) electrons. The Balaban J connectivity index is 1.28. The number of anilines is 1. The zero-order chi connectivity index (χ0) is 21.5. The first-order chi connectivity index (χ1) is 15.2. The van der Waals surface area contributed by atoms with Crippen molar-refractivity contribution >= 4 is 22.9 Å². The van der Waals surface area contributed by atoms with Gasteiger partial charge in [0.05, 0.1) is 18.2 Å². The first-order valence-corrected chi connectivity index (χ1v) is 11.1. The molecule has 0 saturated carbocycles. The Labute approximate surface area is 185 Å². The molecule has 1 N–H and O–H groups in total. The van der Waals surface area contributed by atoms with E-state index in [0.29, 0.717) is 17.1 Å². The van der Waals surface area contributed by atoms with Crippen LogP contribution in [0.3, 0.4) is 0 Å². The molecule has 1 aliphatic rings. The first-order valence-electron chi connectivity index (χ1n) is 10.3. The van der Waals surface area contributed by atoms with Crippen molar-refractivity contribution in [3.63, 3.8) is 0 Å². The van der Waals surface area contributed by atoms with E-state index < -0.39 is 0 Å². The van der Waals surface area contributed by atoms with Gasteiger partial charge in [0.25, 0.3) is 5.91 Å². The summed E-state index contributed by atoms with van der Waals surface area (Å²) in [5, 5.41) is 21.4. The highest BCUT2D eigenvalue weighted by molar-refractivity contribution is 7.13. The summed E-state index contributed by atoms with van der Waals surface area (Å²) < 4.78 is 0. The molecule has 8 heteroatoms. The number of carbonyl (C=O) groups is 1. The van der Waals surface area contributed by atoms with Crippen molar-refractivity contribution in [3.8, 4) is 6.07 Å². The van der Waals surface area contributed by atoms with Gasteiger partial charge in [-0.3, -0.25) is 14.6 Å². The van der Waals surface area contributed by atoms with Gasteiger partial charge in [-0.05, 0) is 49.3 Å². The molecule has 31 heavy (non-hydrogen) atoms. The largest absolute Gasteiger partial charge is 0.320 e. The summed E-state index contributed by atoms with van der Waals surface area (Å²) >= 11 is 1.35. The zero-order valence-electron chi connectivity index (χ0n) is 17.2. The number of nitrogens with one attached hydrogen (secondary N) is 1. The Bertz CT molecular complexity index is 1040. The third-order valence-electron chi connectivity index (χ3n) is 5.22. The van der Waals surface area contributed by atoms with Crippen molar-refractivity contribution in [3.05, 3.63) is 75.7 Å². The van der Waals surface area contributed by atoms with Gasteiger partial charge in [0, 0.05) is 25.3 Å². The van der Waals surface area contributed by atoms with Crippen LogP contribution in [-0.4, -0.2) is 52.1 Å². The molecular formula is C23H24N6OS. The van der Waals surface area contributed by atoms with Gasteiger partial charge < -0.3 is 5.32 Å². The minimum absolute atomic E-state index is 0.223. The van der Waals surface area contributed by atoms with Crippen LogP contribution in [0.2, 0.25) is 0 Å². The number of benzene rings is 2. The summed E-state index contributed by atoms with van der Waals surface area (Å²) in [6, 6.07) is 19.3. The maximum atomic E-state index is 12.4. The monoisotopic (exact) mass is 432 g/mol. The average molecular weight is 433 g/mol. The van der Waals surface area contributed by atoms with Gasteiger partial charge in [0.15, 0.2) is 0 Å². The zero-order valence-corrected chi connectivity index (χ0v) is 18.0. The van der Waals surface area contributed by atoms with Gasteiger partial charge in [-0.1, -0.05) is 41.7 Å². The number of nitriles is 1. The van der Waals surface area contributed by atoms with E-state index in [1.165, 1.54) is 16.9 Å². The molecular weight excluding hydrogens is 408 g/mol. The van der Waals surface area contributed by atoms with Crippen molar-refractivity contribution in [2.24, 2.45) is 0 Å². The van der Waals surface area contributed by atoms with Crippen LogP contribution in [0.15, 0.2) is 54.6 Å². The molecule has 7 nitrogen and oxygen atoms in total. The van der Waals surface area contributed by atoms with E-state index in [1.807, 2.05) is 54.6 Å². The van der Waals surface area contributed by atoms with Gasteiger partial charge in [-0.25, -0.2) is 0 Å². The molecule has 2 aromatic carbocycles.